The molecular weight excluding hydrogens is 226 g/mol. The van der Waals surface area contributed by atoms with E-state index in [4.69, 9.17) is 4.74 Å². The van der Waals surface area contributed by atoms with Gasteiger partial charge in [-0.15, -0.1) is 0 Å². The first-order valence-electron chi connectivity index (χ1n) is 6.31. The fourth-order valence-electron chi connectivity index (χ4n) is 1.97. The Morgan fingerprint density at radius 1 is 1.39 bits per heavy atom. The third-order valence-electron chi connectivity index (χ3n) is 3.22. The molecule has 0 aliphatic carbocycles. The lowest BCUT2D eigenvalue weighted by molar-refractivity contribution is -0.146. The van der Waals surface area contributed by atoms with E-state index in [0.29, 0.717) is 6.54 Å². The quantitative estimate of drug-likeness (QED) is 0.751. The molecule has 100 valence electrons. The van der Waals surface area contributed by atoms with E-state index in [0.717, 1.165) is 5.69 Å². The van der Waals surface area contributed by atoms with Crippen molar-refractivity contribution in [3.8, 4) is 0 Å². The predicted molar refractivity (Wildman–Crippen MR) is 74.8 cm³/mol. The van der Waals surface area contributed by atoms with Gasteiger partial charge in [0.25, 0.3) is 0 Å². The van der Waals surface area contributed by atoms with Crippen LogP contribution in [-0.4, -0.2) is 26.7 Å². The first-order chi connectivity index (χ1) is 8.45. The smallest absolute Gasteiger partial charge is 0.310 e. The fraction of sp³-hybridized carbons (Fsp3) is 0.533. The highest BCUT2D eigenvalue weighted by Crippen LogP contribution is 2.19. The van der Waals surface area contributed by atoms with Crippen LogP contribution < -0.4 is 4.90 Å². The zero-order valence-corrected chi connectivity index (χ0v) is 11.9. The highest BCUT2D eigenvalue weighted by Gasteiger charge is 2.24. The molecule has 1 aromatic carbocycles. The zero-order valence-electron chi connectivity index (χ0n) is 11.9. The van der Waals surface area contributed by atoms with E-state index in [-0.39, 0.29) is 17.8 Å². The Labute approximate surface area is 110 Å². The SMILES string of the molecule is COC(=O)C(CN(C)c1cccc(C)c1)C(C)C. The van der Waals surface area contributed by atoms with E-state index in [1.165, 1.54) is 12.7 Å². The number of ether oxygens (including phenoxy) is 1. The largest absolute Gasteiger partial charge is 0.469 e. The number of aryl methyl sites for hydroxylation is 1. The van der Waals surface area contributed by atoms with Crippen LogP contribution in [0.3, 0.4) is 0 Å². The summed E-state index contributed by atoms with van der Waals surface area (Å²) in [5.41, 5.74) is 2.35. The number of nitrogens with zero attached hydrogens (tertiary/aromatic N) is 1. The molecule has 0 aliphatic rings. The van der Waals surface area contributed by atoms with E-state index in [1.807, 2.05) is 27.0 Å². The van der Waals surface area contributed by atoms with Gasteiger partial charge in [-0.1, -0.05) is 26.0 Å². The Morgan fingerprint density at radius 2 is 2.06 bits per heavy atom. The molecule has 0 heterocycles. The number of hydrogen-bond acceptors (Lipinski definition) is 3. The molecule has 0 N–H and O–H groups in total. The van der Waals surface area contributed by atoms with Gasteiger partial charge in [0.05, 0.1) is 13.0 Å². The van der Waals surface area contributed by atoms with Gasteiger partial charge in [-0.3, -0.25) is 4.79 Å². The summed E-state index contributed by atoms with van der Waals surface area (Å²) in [6, 6.07) is 8.28. The summed E-state index contributed by atoms with van der Waals surface area (Å²) in [4.78, 5) is 13.8. The zero-order chi connectivity index (χ0) is 13.7. The van der Waals surface area contributed by atoms with Crippen LogP contribution in [0.4, 0.5) is 5.69 Å². The summed E-state index contributed by atoms with van der Waals surface area (Å²) >= 11 is 0. The van der Waals surface area contributed by atoms with E-state index in [1.54, 1.807) is 0 Å². The Kier molecular flexibility index (Phi) is 5.20. The van der Waals surface area contributed by atoms with Gasteiger partial charge in [0.2, 0.25) is 0 Å². The summed E-state index contributed by atoms with van der Waals surface area (Å²) in [5.74, 6) is 0.0368. The van der Waals surface area contributed by atoms with Crippen LogP contribution >= 0.6 is 0 Å². The molecule has 1 rings (SSSR count). The van der Waals surface area contributed by atoms with Crippen molar-refractivity contribution in [2.45, 2.75) is 20.8 Å². The molecule has 0 bridgehead atoms. The van der Waals surface area contributed by atoms with Crippen LogP contribution in [0.25, 0.3) is 0 Å². The molecule has 0 spiro atoms. The molecule has 1 atom stereocenters. The molecule has 3 nitrogen and oxygen atoms in total. The fourth-order valence-corrected chi connectivity index (χ4v) is 1.97. The summed E-state index contributed by atoms with van der Waals surface area (Å²) in [7, 11) is 3.46. The van der Waals surface area contributed by atoms with Gasteiger partial charge in [0, 0.05) is 19.3 Å². The third-order valence-corrected chi connectivity index (χ3v) is 3.22. The van der Waals surface area contributed by atoms with Crippen LogP contribution in [0.1, 0.15) is 19.4 Å². The molecule has 0 saturated carbocycles. The minimum atomic E-state index is -0.135. The van der Waals surface area contributed by atoms with Crippen LogP contribution in [-0.2, 0) is 9.53 Å². The normalized spacial score (nSPS) is 12.3. The molecule has 0 aliphatic heterocycles. The topological polar surface area (TPSA) is 29.5 Å². The van der Waals surface area contributed by atoms with E-state index in [2.05, 4.69) is 30.0 Å². The maximum absolute atomic E-state index is 11.7. The number of carbonyl (C=O) groups excluding carboxylic acids is 1. The van der Waals surface area contributed by atoms with Gasteiger partial charge in [0.1, 0.15) is 0 Å². The molecule has 3 heteroatoms. The van der Waals surface area contributed by atoms with E-state index in [9.17, 15) is 4.79 Å². The van der Waals surface area contributed by atoms with Crippen molar-refractivity contribution < 1.29 is 9.53 Å². The molecule has 1 aromatic rings. The minimum Gasteiger partial charge on any atom is -0.469 e. The van der Waals surface area contributed by atoms with Gasteiger partial charge < -0.3 is 9.64 Å². The average molecular weight is 249 g/mol. The Bertz CT molecular complexity index is 401. The monoisotopic (exact) mass is 249 g/mol. The van der Waals surface area contributed by atoms with Crippen molar-refractivity contribution in [1.29, 1.82) is 0 Å². The molecular formula is C15H23NO2. The van der Waals surface area contributed by atoms with Crippen molar-refractivity contribution in [2.75, 3.05) is 25.6 Å². The molecule has 0 amide bonds. The summed E-state index contributed by atoms with van der Waals surface area (Å²) in [6.07, 6.45) is 0. The van der Waals surface area contributed by atoms with E-state index < -0.39 is 0 Å². The third kappa shape index (κ3) is 3.76. The van der Waals surface area contributed by atoms with Crippen LogP contribution in [0.5, 0.6) is 0 Å². The first kappa shape index (κ1) is 14.6. The number of benzene rings is 1. The molecule has 0 aromatic heterocycles. The van der Waals surface area contributed by atoms with Gasteiger partial charge in [-0.2, -0.15) is 0 Å². The van der Waals surface area contributed by atoms with E-state index >= 15 is 0 Å². The molecule has 1 unspecified atom stereocenters. The first-order valence-corrected chi connectivity index (χ1v) is 6.31. The Hall–Kier alpha value is -1.51. The lowest BCUT2D eigenvalue weighted by Crippen LogP contribution is -2.34. The van der Waals surface area contributed by atoms with Crippen molar-refractivity contribution >= 4 is 11.7 Å². The second-order valence-electron chi connectivity index (χ2n) is 5.09. The second-order valence-corrected chi connectivity index (χ2v) is 5.09. The van der Waals surface area contributed by atoms with Crippen molar-refractivity contribution in [1.82, 2.24) is 0 Å². The standard InChI is InChI=1S/C15H23NO2/c1-11(2)14(15(17)18-5)10-16(4)13-8-6-7-12(3)9-13/h6-9,11,14H,10H2,1-5H3. The number of carbonyl (C=O) groups is 1. The number of anilines is 1. The maximum Gasteiger partial charge on any atom is 0.310 e. The van der Waals surface area contributed by atoms with Crippen LogP contribution in [0.2, 0.25) is 0 Å². The maximum atomic E-state index is 11.7. The van der Waals surface area contributed by atoms with Gasteiger partial charge in [-0.25, -0.2) is 0 Å². The Morgan fingerprint density at radius 3 is 2.56 bits per heavy atom. The average Bonchev–Trinajstić information content (AvgIpc) is 2.34. The van der Waals surface area contributed by atoms with Gasteiger partial charge in [-0.05, 0) is 30.5 Å². The number of methoxy groups -OCH3 is 1. The highest BCUT2D eigenvalue weighted by atomic mass is 16.5. The van der Waals surface area contributed by atoms with Gasteiger partial charge in [0.15, 0.2) is 0 Å². The van der Waals surface area contributed by atoms with Gasteiger partial charge >= 0.3 is 5.97 Å². The lowest BCUT2D eigenvalue weighted by Gasteiger charge is -2.26. The lowest BCUT2D eigenvalue weighted by atomic mass is 9.95. The summed E-state index contributed by atoms with van der Waals surface area (Å²) in [6.45, 7) is 6.84. The highest BCUT2D eigenvalue weighted by molar-refractivity contribution is 5.73. The molecule has 0 saturated heterocycles. The molecule has 18 heavy (non-hydrogen) atoms. The van der Waals surface area contributed by atoms with Crippen molar-refractivity contribution in [2.24, 2.45) is 11.8 Å². The molecule has 0 fully saturated rings. The minimum absolute atomic E-state index is 0.0967. The Balaban J connectivity index is 2.78. The van der Waals surface area contributed by atoms with Crippen LogP contribution in [0, 0.1) is 18.8 Å². The van der Waals surface area contributed by atoms with Crippen LogP contribution in [0.15, 0.2) is 24.3 Å². The number of rotatable bonds is 5. The number of hydrogen-bond donors (Lipinski definition) is 0. The summed E-state index contributed by atoms with van der Waals surface area (Å²) < 4.78 is 4.87. The second kappa shape index (κ2) is 6.43. The predicted octanol–water partition coefficient (Wildman–Crippen LogP) is 2.88. The molecule has 0 radical (unpaired) electrons. The van der Waals surface area contributed by atoms with Crippen molar-refractivity contribution in [3.05, 3.63) is 29.8 Å². The van der Waals surface area contributed by atoms with Crippen molar-refractivity contribution in [3.63, 3.8) is 0 Å². The summed E-state index contributed by atoms with van der Waals surface area (Å²) in [5, 5.41) is 0. The number of esters is 1.